The van der Waals surface area contributed by atoms with E-state index in [0.29, 0.717) is 0 Å². The highest BCUT2D eigenvalue weighted by Gasteiger charge is 2.30. The van der Waals surface area contributed by atoms with Gasteiger partial charge in [-0.05, 0) is 30.7 Å². The SMILES string of the molecule is CCC(NC(=O)c1ccc(C(F)(F)F)cc1)C(=O)O. The third kappa shape index (κ3) is 3.97. The number of rotatable bonds is 4. The minimum Gasteiger partial charge on any atom is -0.480 e. The maximum atomic E-state index is 12.3. The molecular formula is C12H12F3NO3. The number of hydrogen-bond donors (Lipinski definition) is 2. The van der Waals surface area contributed by atoms with Gasteiger partial charge in [0.05, 0.1) is 5.56 Å². The van der Waals surface area contributed by atoms with Crippen LogP contribution < -0.4 is 5.32 Å². The molecule has 1 amide bonds. The zero-order valence-corrected chi connectivity index (χ0v) is 9.99. The molecule has 1 atom stereocenters. The zero-order valence-electron chi connectivity index (χ0n) is 9.99. The highest BCUT2D eigenvalue weighted by Crippen LogP contribution is 2.29. The largest absolute Gasteiger partial charge is 0.480 e. The molecule has 0 saturated heterocycles. The molecule has 1 unspecified atom stereocenters. The molecule has 0 aliphatic rings. The quantitative estimate of drug-likeness (QED) is 0.886. The second-order valence-corrected chi connectivity index (χ2v) is 3.85. The fourth-order valence-electron chi connectivity index (χ4n) is 1.39. The van der Waals surface area contributed by atoms with Crippen LogP contribution in [0.2, 0.25) is 0 Å². The Hall–Kier alpha value is -2.05. The number of amides is 1. The van der Waals surface area contributed by atoms with E-state index in [2.05, 4.69) is 5.32 Å². The maximum absolute atomic E-state index is 12.3. The van der Waals surface area contributed by atoms with Gasteiger partial charge in [0.15, 0.2) is 0 Å². The molecule has 0 bridgehead atoms. The summed E-state index contributed by atoms with van der Waals surface area (Å²) in [6.07, 6.45) is -4.29. The van der Waals surface area contributed by atoms with Crippen molar-refractivity contribution in [2.45, 2.75) is 25.6 Å². The molecule has 0 aliphatic carbocycles. The van der Waals surface area contributed by atoms with Gasteiger partial charge in [0.2, 0.25) is 0 Å². The van der Waals surface area contributed by atoms with Crippen molar-refractivity contribution in [2.24, 2.45) is 0 Å². The van der Waals surface area contributed by atoms with Gasteiger partial charge in [-0.1, -0.05) is 6.92 Å². The molecule has 2 N–H and O–H groups in total. The van der Waals surface area contributed by atoms with E-state index in [1.54, 1.807) is 6.92 Å². The molecule has 0 fully saturated rings. The van der Waals surface area contributed by atoms with Crippen LogP contribution in [-0.4, -0.2) is 23.0 Å². The van der Waals surface area contributed by atoms with Gasteiger partial charge in [-0.25, -0.2) is 4.79 Å². The molecule has 1 rings (SSSR count). The maximum Gasteiger partial charge on any atom is 0.416 e. The summed E-state index contributed by atoms with van der Waals surface area (Å²) in [5.74, 6) is -1.91. The van der Waals surface area contributed by atoms with Crippen LogP contribution in [0.1, 0.15) is 29.3 Å². The van der Waals surface area contributed by atoms with Crippen molar-refractivity contribution in [3.05, 3.63) is 35.4 Å². The van der Waals surface area contributed by atoms with Crippen LogP contribution in [0.15, 0.2) is 24.3 Å². The van der Waals surface area contributed by atoms with E-state index in [1.807, 2.05) is 0 Å². The van der Waals surface area contributed by atoms with Crippen molar-refractivity contribution < 1.29 is 27.9 Å². The van der Waals surface area contributed by atoms with Crippen molar-refractivity contribution in [3.8, 4) is 0 Å². The summed E-state index contributed by atoms with van der Waals surface area (Å²) in [5.41, 5.74) is -0.887. The van der Waals surface area contributed by atoms with Crippen molar-refractivity contribution >= 4 is 11.9 Å². The summed E-state index contributed by atoms with van der Waals surface area (Å²) in [6, 6.07) is 2.50. The number of nitrogens with one attached hydrogen (secondary N) is 1. The summed E-state index contributed by atoms with van der Waals surface area (Å²) in [5, 5.41) is 11.0. The van der Waals surface area contributed by atoms with Crippen molar-refractivity contribution in [1.82, 2.24) is 5.32 Å². The Kier molecular flexibility index (Phi) is 4.52. The smallest absolute Gasteiger partial charge is 0.416 e. The second kappa shape index (κ2) is 5.73. The predicted octanol–water partition coefficient (Wildman–Crippen LogP) is 2.30. The second-order valence-electron chi connectivity index (χ2n) is 3.85. The summed E-state index contributed by atoms with van der Waals surface area (Å²) >= 11 is 0. The molecule has 1 aromatic rings. The molecule has 0 aliphatic heterocycles. The summed E-state index contributed by atoms with van der Waals surface area (Å²) < 4.78 is 36.9. The topological polar surface area (TPSA) is 66.4 Å². The highest BCUT2D eigenvalue weighted by molar-refractivity contribution is 5.96. The molecule has 19 heavy (non-hydrogen) atoms. The molecule has 0 aromatic heterocycles. The fraction of sp³-hybridized carbons (Fsp3) is 0.333. The lowest BCUT2D eigenvalue weighted by molar-refractivity contribution is -0.139. The standard InChI is InChI=1S/C12H12F3NO3/c1-2-9(11(18)19)16-10(17)7-3-5-8(6-4-7)12(13,14)15/h3-6,9H,2H2,1H3,(H,16,17)(H,18,19). The van der Waals surface area contributed by atoms with Crippen LogP contribution in [-0.2, 0) is 11.0 Å². The van der Waals surface area contributed by atoms with E-state index in [0.717, 1.165) is 24.3 Å². The molecule has 7 heteroatoms. The van der Waals surface area contributed by atoms with Crippen LogP contribution in [0.5, 0.6) is 0 Å². The molecule has 4 nitrogen and oxygen atoms in total. The van der Waals surface area contributed by atoms with Crippen molar-refractivity contribution in [1.29, 1.82) is 0 Å². The lowest BCUT2D eigenvalue weighted by Gasteiger charge is -2.12. The number of halogens is 3. The van der Waals surface area contributed by atoms with Crippen LogP contribution in [0.25, 0.3) is 0 Å². The van der Waals surface area contributed by atoms with E-state index in [1.165, 1.54) is 0 Å². The lowest BCUT2D eigenvalue weighted by Crippen LogP contribution is -2.40. The average Bonchev–Trinajstić information content (AvgIpc) is 2.34. The Labute approximate surface area is 107 Å². The van der Waals surface area contributed by atoms with Gasteiger partial charge in [-0.15, -0.1) is 0 Å². The molecule has 0 spiro atoms. The molecule has 0 radical (unpaired) electrons. The van der Waals surface area contributed by atoms with Gasteiger partial charge in [0.1, 0.15) is 6.04 Å². The monoisotopic (exact) mass is 275 g/mol. The van der Waals surface area contributed by atoms with Crippen molar-refractivity contribution in [2.75, 3.05) is 0 Å². The summed E-state index contributed by atoms with van der Waals surface area (Å²) in [6.45, 7) is 1.58. The molecule has 1 aromatic carbocycles. The Balaban J connectivity index is 2.81. The fourth-order valence-corrected chi connectivity index (χ4v) is 1.39. The van der Waals surface area contributed by atoms with Crippen LogP contribution in [0, 0.1) is 0 Å². The summed E-state index contributed by atoms with van der Waals surface area (Å²) in [4.78, 5) is 22.3. The number of carbonyl (C=O) groups excluding carboxylic acids is 1. The zero-order chi connectivity index (χ0) is 14.6. The van der Waals surface area contributed by atoms with Gasteiger partial charge in [-0.2, -0.15) is 13.2 Å². The number of carboxylic acids is 1. The first kappa shape index (κ1) is 15.0. The normalized spacial score (nSPS) is 12.8. The molecule has 104 valence electrons. The van der Waals surface area contributed by atoms with Crippen LogP contribution in [0.4, 0.5) is 13.2 Å². The van der Waals surface area contributed by atoms with E-state index in [4.69, 9.17) is 5.11 Å². The third-order valence-electron chi connectivity index (χ3n) is 2.49. The summed E-state index contributed by atoms with van der Waals surface area (Å²) in [7, 11) is 0. The molecule has 0 saturated carbocycles. The Morgan fingerprint density at radius 3 is 2.16 bits per heavy atom. The highest BCUT2D eigenvalue weighted by atomic mass is 19.4. The Morgan fingerprint density at radius 1 is 1.26 bits per heavy atom. The molecule has 0 heterocycles. The first-order valence-electron chi connectivity index (χ1n) is 5.46. The van der Waals surface area contributed by atoms with E-state index >= 15 is 0 Å². The average molecular weight is 275 g/mol. The number of hydrogen-bond acceptors (Lipinski definition) is 2. The number of aliphatic carboxylic acids is 1. The van der Waals surface area contributed by atoms with Gasteiger partial charge in [0.25, 0.3) is 5.91 Å². The first-order chi connectivity index (χ1) is 8.75. The van der Waals surface area contributed by atoms with Gasteiger partial charge < -0.3 is 10.4 Å². The first-order valence-corrected chi connectivity index (χ1v) is 5.46. The number of carboxylic acid groups (broad SMARTS) is 1. The third-order valence-corrected chi connectivity index (χ3v) is 2.49. The van der Waals surface area contributed by atoms with Gasteiger partial charge >= 0.3 is 12.1 Å². The van der Waals surface area contributed by atoms with E-state index in [9.17, 15) is 22.8 Å². The number of benzene rings is 1. The minimum atomic E-state index is -4.47. The molecular weight excluding hydrogens is 263 g/mol. The number of carbonyl (C=O) groups is 2. The predicted molar refractivity (Wildman–Crippen MR) is 60.6 cm³/mol. The minimum absolute atomic E-state index is 0.0206. The van der Waals surface area contributed by atoms with Gasteiger partial charge in [-0.3, -0.25) is 4.79 Å². The van der Waals surface area contributed by atoms with Crippen LogP contribution in [0.3, 0.4) is 0 Å². The Morgan fingerprint density at radius 2 is 1.79 bits per heavy atom. The van der Waals surface area contributed by atoms with E-state index < -0.39 is 29.7 Å². The number of alkyl halides is 3. The van der Waals surface area contributed by atoms with E-state index in [-0.39, 0.29) is 12.0 Å². The van der Waals surface area contributed by atoms with Gasteiger partial charge in [0, 0.05) is 5.56 Å². The van der Waals surface area contributed by atoms with Crippen molar-refractivity contribution in [3.63, 3.8) is 0 Å². The Bertz CT molecular complexity index is 468. The lowest BCUT2D eigenvalue weighted by atomic mass is 10.1. The van der Waals surface area contributed by atoms with Crippen LogP contribution >= 0.6 is 0 Å².